The number of phenols is 1. The molecule has 0 saturated heterocycles. The third kappa shape index (κ3) is 6.77. The smallest absolute Gasteiger partial charge is 0.250 e. The number of ether oxygens (including phenoxy) is 3. The number of hydrogen-bond acceptors (Lipinski definition) is 10. The maximum atomic E-state index is 12.7. The van der Waals surface area contributed by atoms with Gasteiger partial charge < -0.3 is 24.2 Å². The van der Waals surface area contributed by atoms with E-state index < -0.39 is 0 Å². The first kappa shape index (κ1) is 30.3. The van der Waals surface area contributed by atoms with Gasteiger partial charge in [0.1, 0.15) is 5.75 Å². The van der Waals surface area contributed by atoms with Crippen molar-refractivity contribution in [1.82, 2.24) is 20.2 Å². The van der Waals surface area contributed by atoms with Crippen LogP contribution >= 0.6 is 11.8 Å². The second-order valence-corrected chi connectivity index (χ2v) is 9.83. The second kappa shape index (κ2) is 14.3. The number of aromatic nitrogens is 3. The van der Waals surface area contributed by atoms with Crippen LogP contribution in [0.1, 0.15) is 19.4 Å². The van der Waals surface area contributed by atoms with Crippen LogP contribution in [-0.4, -0.2) is 72.2 Å². The summed E-state index contributed by atoms with van der Waals surface area (Å²) in [6.07, 6.45) is 1.42. The quantitative estimate of drug-likeness (QED) is 0.129. The molecule has 0 radical (unpaired) electrons. The van der Waals surface area contributed by atoms with Crippen LogP contribution in [0, 0.1) is 0 Å². The van der Waals surface area contributed by atoms with Crippen LogP contribution in [0.15, 0.2) is 70.9 Å². The lowest BCUT2D eigenvalue weighted by molar-refractivity contribution is -0.118. The Morgan fingerprint density at radius 2 is 1.69 bits per heavy atom. The van der Waals surface area contributed by atoms with E-state index in [0.29, 0.717) is 39.4 Å². The molecule has 12 heteroatoms. The molecule has 2 N–H and O–H groups in total. The van der Waals surface area contributed by atoms with Crippen LogP contribution in [-0.2, 0) is 4.79 Å². The van der Waals surface area contributed by atoms with Crippen LogP contribution in [0.25, 0.3) is 17.1 Å². The number of nitrogens with zero attached hydrogens (tertiary/aromatic N) is 5. The van der Waals surface area contributed by atoms with Gasteiger partial charge >= 0.3 is 0 Å². The molecule has 42 heavy (non-hydrogen) atoms. The van der Waals surface area contributed by atoms with E-state index >= 15 is 0 Å². The third-order valence-corrected chi connectivity index (χ3v) is 7.37. The number of benzene rings is 3. The fourth-order valence-corrected chi connectivity index (χ4v) is 5.08. The molecule has 0 spiro atoms. The zero-order valence-electron chi connectivity index (χ0n) is 24.2. The SMILES string of the molecule is CCN(CC)c1ccc(/C=N/NC(=O)CSc2nnc(-c3cc(OC)c(OC)c(OC)c3)n2-c2ccccc2)c(O)c1. The molecule has 4 rings (SSSR count). The van der Waals surface area contributed by atoms with Gasteiger partial charge in [0.15, 0.2) is 22.5 Å². The Balaban J connectivity index is 1.53. The highest BCUT2D eigenvalue weighted by Gasteiger charge is 2.21. The van der Waals surface area contributed by atoms with E-state index in [1.165, 1.54) is 18.0 Å². The molecule has 0 aliphatic carbocycles. The summed E-state index contributed by atoms with van der Waals surface area (Å²) in [6, 6.07) is 18.6. The molecular formula is C30H34N6O5S. The molecule has 1 heterocycles. The number of rotatable bonds is 13. The highest BCUT2D eigenvalue weighted by Crippen LogP contribution is 2.41. The largest absolute Gasteiger partial charge is 0.507 e. The summed E-state index contributed by atoms with van der Waals surface area (Å²) in [4.78, 5) is 14.8. The Hall–Kier alpha value is -4.71. The molecular weight excluding hydrogens is 556 g/mol. The molecule has 0 bridgehead atoms. The van der Waals surface area contributed by atoms with Crippen LogP contribution in [0.3, 0.4) is 0 Å². The van der Waals surface area contributed by atoms with Crippen molar-refractivity contribution in [2.75, 3.05) is 45.1 Å². The molecule has 11 nitrogen and oxygen atoms in total. The van der Waals surface area contributed by atoms with Gasteiger partial charge in [-0.15, -0.1) is 10.2 Å². The zero-order valence-corrected chi connectivity index (χ0v) is 25.0. The first-order valence-corrected chi connectivity index (χ1v) is 14.3. The van der Waals surface area contributed by atoms with E-state index in [2.05, 4.69) is 39.5 Å². The van der Waals surface area contributed by atoms with E-state index in [0.717, 1.165) is 24.5 Å². The summed E-state index contributed by atoms with van der Waals surface area (Å²) in [5, 5.41) is 23.8. The van der Waals surface area contributed by atoms with Crippen molar-refractivity contribution >= 4 is 29.6 Å². The topological polar surface area (TPSA) is 123 Å². The Morgan fingerprint density at radius 1 is 1.00 bits per heavy atom. The molecule has 1 aromatic heterocycles. The van der Waals surface area contributed by atoms with Gasteiger partial charge in [-0.3, -0.25) is 9.36 Å². The summed E-state index contributed by atoms with van der Waals surface area (Å²) in [5.74, 6) is 1.74. The standard InChI is InChI=1S/C30H34N6O5S/c1-6-35(7-2)23-14-13-20(24(37)17-23)18-31-32-27(38)19-42-30-34-33-29(36(30)22-11-9-8-10-12-22)21-15-25(39-3)28(41-5)26(16-21)40-4/h8-18,37H,6-7,19H2,1-5H3,(H,32,38)/b31-18+. The van der Waals surface area contributed by atoms with Gasteiger partial charge in [0.25, 0.3) is 5.91 Å². The maximum absolute atomic E-state index is 12.7. The number of methoxy groups -OCH3 is 3. The van der Waals surface area contributed by atoms with Crippen LogP contribution in [0.2, 0.25) is 0 Å². The highest BCUT2D eigenvalue weighted by molar-refractivity contribution is 7.99. The molecule has 0 unspecified atom stereocenters. The first-order chi connectivity index (χ1) is 20.4. The van der Waals surface area contributed by atoms with E-state index in [-0.39, 0.29) is 17.4 Å². The van der Waals surface area contributed by atoms with E-state index in [4.69, 9.17) is 14.2 Å². The average Bonchev–Trinajstić information content (AvgIpc) is 3.45. The first-order valence-electron chi connectivity index (χ1n) is 13.3. The number of amides is 1. The van der Waals surface area contributed by atoms with Gasteiger partial charge in [0.2, 0.25) is 5.75 Å². The van der Waals surface area contributed by atoms with Crippen LogP contribution in [0.4, 0.5) is 5.69 Å². The minimum atomic E-state index is -0.340. The van der Waals surface area contributed by atoms with E-state index in [1.807, 2.05) is 41.0 Å². The number of hydrazone groups is 1. The summed E-state index contributed by atoms with van der Waals surface area (Å²) in [6.45, 7) is 5.78. The molecule has 0 fully saturated rings. The fraction of sp³-hybridized carbons (Fsp3) is 0.267. The predicted molar refractivity (Wildman–Crippen MR) is 165 cm³/mol. The number of carbonyl (C=O) groups excluding carboxylic acids is 1. The molecule has 220 valence electrons. The Morgan fingerprint density at radius 3 is 2.29 bits per heavy atom. The van der Waals surface area contributed by atoms with Gasteiger partial charge in [0, 0.05) is 41.7 Å². The van der Waals surface area contributed by atoms with Gasteiger partial charge in [0.05, 0.1) is 33.3 Å². The normalized spacial score (nSPS) is 11.0. The molecule has 1 amide bonds. The lowest BCUT2D eigenvalue weighted by atomic mass is 10.1. The van der Waals surface area contributed by atoms with Crippen molar-refractivity contribution in [3.8, 4) is 40.1 Å². The number of carbonyl (C=O) groups is 1. The predicted octanol–water partition coefficient (Wildman–Crippen LogP) is 4.75. The Kier molecular flexibility index (Phi) is 10.3. The van der Waals surface area contributed by atoms with E-state index in [1.54, 1.807) is 45.6 Å². The lowest BCUT2D eigenvalue weighted by Crippen LogP contribution is -2.21. The van der Waals surface area contributed by atoms with Crippen molar-refractivity contribution in [1.29, 1.82) is 0 Å². The number of hydrogen-bond donors (Lipinski definition) is 2. The lowest BCUT2D eigenvalue weighted by Gasteiger charge is -2.21. The van der Waals surface area contributed by atoms with Crippen molar-refractivity contribution in [2.45, 2.75) is 19.0 Å². The summed E-state index contributed by atoms with van der Waals surface area (Å²) >= 11 is 1.21. The minimum Gasteiger partial charge on any atom is -0.507 e. The number of aromatic hydroxyl groups is 1. The summed E-state index contributed by atoms with van der Waals surface area (Å²) in [7, 11) is 4.64. The Bertz CT molecular complexity index is 1510. The van der Waals surface area contributed by atoms with Crippen molar-refractivity contribution in [3.05, 3.63) is 66.2 Å². The number of para-hydroxylation sites is 1. The van der Waals surface area contributed by atoms with Gasteiger partial charge in [-0.05, 0) is 50.2 Å². The van der Waals surface area contributed by atoms with Gasteiger partial charge in [-0.1, -0.05) is 30.0 Å². The van der Waals surface area contributed by atoms with Gasteiger partial charge in [-0.2, -0.15) is 5.10 Å². The number of anilines is 1. The molecule has 0 aliphatic heterocycles. The number of thioether (sulfide) groups is 1. The fourth-order valence-electron chi connectivity index (χ4n) is 4.33. The molecule has 0 aliphatic rings. The molecule has 0 saturated carbocycles. The highest BCUT2D eigenvalue weighted by atomic mass is 32.2. The minimum absolute atomic E-state index is 0.0322. The van der Waals surface area contributed by atoms with Crippen molar-refractivity contribution < 1.29 is 24.1 Å². The van der Waals surface area contributed by atoms with E-state index in [9.17, 15) is 9.90 Å². The van der Waals surface area contributed by atoms with Crippen molar-refractivity contribution in [2.24, 2.45) is 5.10 Å². The van der Waals surface area contributed by atoms with Gasteiger partial charge in [-0.25, -0.2) is 5.43 Å². The average molecular weight is 591 g/mol. The third-order valence-electron chi connectivity index (χ3n) is 6.44. The number of nitrogens with one attached hydrogen (secondary N) is 1. The number of phenolic OH excluding ortho intramolecular Hbond substituents is 1. The van der Waals surface area contributed by atoms with Crippen molar-refractivity contribution in [3.63, 3.8) is 0 Å². The maximum Gasteiger partial charge on any atom is 0.250 e. The molecule has 0 atom stereocenters. The molecule has 3 aromatic carbocycles. The zero-order chi connectivity index (χ0) is 30.1. The monoisotopic (exact) mass is 590 g/mol. The molecule has 4 aromatic rings. The summed E-state index contributed by atoms with van der Waals surface area (Å²) in [5.41, 5.74) is 5.43. The Labute approximate surface area is 249 Å². The van der Waals surface area contributed by atoms with Crippen LogP contribution in [0.5, 0.6) is 23.0 Å². The second-order valence-electron chi connectivity index (χ2n) is 8.89. The summed E-state index contributed by atoms with van der Waals surface area (Å²) < 4.78 is 18.4. The van der Waals surface area contributed by atoms with Crippen LogP contribution < -0.4 is 24.5 Å².